The van der Waals surface area contributed by atoms with Crippen LogP contribution in [-0.4, -0.2) is 28.2 Å². The lowest BCUT2D eigenvalue weighted by Gasteiger charge is -2.07. The molecule has 0 amide bonds. The fourth-order valence-corrected chi connectivity index (χ4v) is 1.80. The van der Waals surface area contributed by atoms with Crippen molar-refractivity contribution in [2.75, 3.05) is 6.54 Å². The molecule has 0 bridgehead atoms. The lowest BCUT2D eigenvalue weighted by Crippen LogP contribution is -2.24. The van der Waals surface area contributed by atoms with Crippen LogP contribution in [0.5, 0.6) is 0 Å². The average Bonchev–Trinajstić information content (AvgIpc) is 2.52. The number of nitrogens with zero attached hydrogens (tertiary/aromatic N) is 2. The van der Waals surface area contributed by atoms with Gasteiger partial charge in [-0.05, 0) is 26.0 Å². The maximum Gasteiger partial charge on any atom is 0.138 e. The number of aryl methyl sites for hydroxylation is 2. The van der Waals surface area contributed by atoms with Crippen molar-refractivity contribution in [1.82, 2.24) is 15.1 Å². The van der Waals surface area contributed by atoms with Gasteiger partial charge in [0.05, 0.1) is 5.69 Å². The average molecular weight is 237 g/mol. The molecule has 4 nitrogen and oxygen atoms in total. The van der Waals surface area contributed by atoms with E-state index in [9.17, 15) is 4.79 Å². The number of nitrogens with one attached hydrogen (secondary N) is 1. The first-order valence-corrected chi connectivity index (χ1v) is 6.23. The highest BCUT2D eigenvalue weighted by molar-refractivity contribution is 5.80. The summed E-state index contributed by atoms with van der Waals surface area (Å²) in [6.07, 6.45) is 2.05. The van der Waals surface area contributed by atoms with Gasteiger partial charge in [0.25, 0.3) is 0 Å². The van der Waals surface area contributed by atoms with Crippen molar-refractivity contribution in [1.29, 1.82) is 0 Å². The highest BCUT2D eigenvalue weighted by Crippen LogP contribution is 2.05. The number of Topliss-reactive ketones (excluding diaryl/α,β-unsaturated/α-hetero) is 1. The summed E-state index contributed by atoms with van der Waals surface area (Å²) >= 11 is 0. The summed E-state index contributed by atoms with van der Waals surface area (Å²) in [6.45, 7) is 7.08. The van der Waals surface area contributed by atoms with Gasteiger partial charge in [-0.1, -0.05) is 13.8 Å². The summed E-state index contributed by atoms with van der Waals surface area (Å²) in [5, 5.41) is 7.55. The molecule has 1 aromatic rings. The van der Waals surface area contributed by atoms with Crippen LogP contribution in [0.15, 0.2) is 6.07 Å². The molecule has 0 radical (unpaired) electrons. The summed E-state index contributed by atoms with van der Waals surface area (Å²) in [6, 6.07) is 2.47. The Balaban J connectivity index is 2.28. The molecule has 4 heteroatoms. The number of ketones is 1. The number of carbonyl (C=O) groups excluding carboxylic acids is 1. The number of aromatic nitrogens is 2. The van der Waals surface area contributed by atoms with Crippen LogP contribution in [0.25, 0.3) is 0 Å². The second-order valence-corrected chi connectivity index (χ2v) is 4.83. The van der Waals surface area contributed by atoms with Crippen molar-refractivity contribution in [2.45, 2.75) is 46.1 Å². The van der Waals surface area contributed by atoms with Gasteiger partial charge < -0.3 is 5.32 Å². The molecular formula is C13H23N3O. The van der Waals surface area contributed by atoms with Crippen LogP contribution in [0.3, 0.4) is 0 Å². The Kier molecular flexibility index (Phi) is 5.35. The summed E-state index contributed by atoms with van der Waals surface area (Å²) in [5.41, 5.74) is 1.97. The van der Waals surface area contributed by atoms with E-state index in [4.69, 9.17) is 0 Å². The first-order valence-electron chi connectivity index (χ1n) is 6.23. The number of rotatable bonds is 7. The van der Waals surface area contributed by atoms with Crippen molar-refractivity contribution in [3.63, 3.8) is 0 Å². The van der Waals surface area contributed by atoms with E-state index in [1.54, 1.807) is 4.68 Å². The SMILES string of the molecule is Cc1cc(CC(=O)CCCNC(C)C)n(C)n1. The minimum atomic E-state index is 0.290. The van der Waals surface area contributed by atoms with E-state index in [1.165, 1.54) is 0 Å². The fourth-order valence-electron chi connectivity index (χ4n) is 1.80. The maximum absolute atomic E-state index is 11.7. The first-order chi connectivity index (χ1) is 7.99. The first kappa shape index (κ1) is 13.9. The van der Waals surface area contributed by atoms with Gasteiger partial charge in [-0.15, -0.1) is 0 Å². The standard InChI is InChI=1S/C13H23N3O/c1-10(2)14-7-5-6-13(17)9-12-8-11(3)15-16(12)4/h8,10,14H,5-7,9H2,1-4H3. The Morgan fingerprint density at radius 1 is 1.53 bits per heavy atom. The van der Waals surface area contributed by atoms with Gasteiger partial charge in [-0.25, -0.2) is 0 Å². The highest BCUT2D eigenvalue weighted by atomic mass is 16.1. The molecule has 0 spiro atoms. The third-order valence-corrected chi connectivity index (χ3v) is 2.66. The molecule has 0 aliphatic rings. The molecule has 0 aliphatic heterocycles. The largest absolute Gasteiger partial charge is 0.315 e. The van der Waals surface area contributed by atoms with Crippen molar-refractivity contribution in [3.8, 4) is 0 Å². The van der Waals surface area contributed by atoms with Crippen molar-refractivity contribution < 1.29 is 4.79 Å². The minimum absolute atomic E-state index is 0.290. The Hall–Kier alpha value is -1.16. The molecule has 1 aromatic heterocycles. The number of hydrogen-bond acceptors (Lipinski definition) is 3. The fraction of sp³-hybridized carbons (Fsp3) is 0.692. The normalized spacial score (nSPS) is 11.1. The molecule has 1 N–H and O–H groups in total. The smallest absolute Gasteiger partial charge is 0.138 e. The Morgan fingerprint density at radius 3 is 2.76 bits per heavy atom. The molecule has 0 fully saturated rings. The predicted molar refractivity (Wildman–Crippen MR) is 69.0 cm³/mol. The van der Waals surface area contributed by atoms with Crippen LogP contribution < -0.4 is 5.32 Å². The molecule has 96 valence electrons. The van der Waals surface area contributed by atoms with Crippen LogP contribution in [0.4, 0.5) is 0 Å². The van der Waals surface area contributed by atoms with Gasteiger partial charge >= 0.3 is 0 Å². The predicted octanol–water partition coefficient (Wildman–Crippen LogP) is 1.62. The van der Waals surface area contributed by atoms with E-state index < -0.39 is 0 Å². The van der Waals surface area contributed by atoms with E-state index in [1.807, 2.05) is 20.0 Å². The third-order valence-electron chi connectivity index (χ3n) is 2.66. The Labute approximate surface area is 103 Å². The van der Waals surface area contributed by atoms with Crippen LogP contribution in [-0.2, 0) is 18.3 Å². The zero-order valence-electron chi connectivity index (χ0n) is 11.3. The number of carbonyl (C=O) groups is 1. The van der Waals surface area contributed by atoms with Crippen LogP contribution in [0.2, 0.25) is 0 Å². The monoisotopic (exact) mass is 237 g/mol. The third kappa shape index (κ3) is 5.13. The van der Waals surface area contributed by atoms with Gasteiger partial charge in [0.15, 0.2) is 0 Å². The molecule has 0 atom stereocenters. The van der Waals surface area contributed by atoms with Crippen molar-refractivity contribution in [2.24, 2.45) is 7.05 Å². The minimum Gasteiger partial charge on any atom is -0.315 e. The summed E-state index contributed by atoms with van der Waals surface area (Å²) in [5.74, 6) is 0.290. The van der Waals surface area contributed by atoms with Gasteiger partial charge in [0.2, 0.25) is 0 Å². The zero-order chi connectivity index (χ0) is 12.8. The van der Waals surface area contributed by atoms with Crippen LogP contribution in [0.1, 0.15) is 38.1 Å². The van der Waals surface area contributed by atoms with Crippen molar-refractivity contribution >= 4 is 5.78 Å². The highest BCUT2D eigenvalue weighted by Gasteiger charge is 2.08. The number of hydrogen-bond donors (Lipinski definition) is 1. The Morgan fingerprint density at radius 2 is 2.24 bits per heavy atom. The van der Waals surface area contributed by atoms with Gasteiger partial charge in [0.1, 0.15) is 5.78 Å². The lowest BCUT2D eigenvalue weighted by atomic mass is 10.1. The van der Waals surface area contributed by atoms with E-state index in [0.717, 1.165) is 24.4 Å². The quantitative estimate of drug-likeness (QED) is 0.733. The molecule has 1 heterocycles. The summed E-state index contributed by atoms with van der Waals surface area (Å²) in [7, 11) is 1.88. The zero-order valence-corrected chi connectivity index (χ0v) is 11.3. The Bertz CT molecular complexity index is 369. The van der Waals surface area contributed by atoms with E-state index in [0.29, 0.717) is 24.7 Å². The summed E-state index contributed by atoms with van der Waals surface area (Å²) < 4.78 is 1.79. The van der Waals surface area contributed by atoms with Crippen LogP contribution >= 0.6 is 0 Å². The van der Waals surface area contributed by atoms with Gasteiger partial charge in [-0.3, -0.25) is 9.48 Å². The second kappa shape index (κ2) is 6.55. The lowest BCUT2D eigenvalue weighted by molar-refractivity contribution is -0.118. The molecule has 17 heavy (non-hydrogen) atoms. The van der Waals surface area contributed by atoms with Gasteiger partial charge in [-0.2, -0.15) is 5.10 Å². The van der Waals surface area contributed by atoms with Crippen LogP contribution in [0, 0.1) is 6.92 Å². The molecule has 1 rings (SSSR count). The molecule has 0 saturated heterocycles. The van der Waals surface area contributed by atoms with E-state index in [2.05, 4.69) is 24.3 Å². The second-order valence-electron chi connectivity index (χ2n) is 4.83. The molecule has 0 saturated carbocycles. The summed E-state index contributed by atoms with van der Waals surface area (Å²) in [4.78, 5) is 11.7. The molecule has 0 unspecified atom stereocenters. The topological polar surface area (TPSA) is 46.9 Å². The van der Waals surface area contributed by atoms with E-state index >= 15 is 0 Å². The van der Waals surface area contributed by atoms with Crippen molar-refractivity contribution in [3.05, 3.63) is 17.5 Å². The molecular weight excluding hydrogens is 214 g/mol. The maximum atomic E-state index is 11.7. The van der Waals surface area contributed by atoms with Gasteiger partial charge in [0, 0.05) is 31.6 Å². The molecule has 0 aromatic carbocycles. The molecule has 0 aliphatic carbocycles. The van der Waals surface area contributed by atoms with E-state index in [-0.39, 0.29) is 0 Å².